The lowest BCUT2D eigenvalue weighted by molar-refractivity contribution is 0.100. The molecule has 0 aliphatic carbocycles. The Bertz CT molecular complexity index is 1340. The summed E-state index contributed by atoms with van der Waals surface area (Å²) in [5, 5.41) is 4.07. The Morgan fingerprint density at radius 1 is 1.09 bits per heavy atom. The van der Waals surface area contributed by atoms with Gasteiger partial charge in [0, 0.05) is 49.1 Å². The highest BCUT2D eigenvalue weighted by Crippen LogP contribution is 2.30. The van der Waals surface area contributed by atoms with Crippen molar-refractivity contribution in [3.05, 3.63) is 66.5 Å². The van der Waals surface area contributed by atoms with Crippen molar-refractivity contribution in [2.45, 2.75) is 0 Å². The second kappa shape index (κ2) is 9.03. The van der Waals surface area contributed by atoms with Crippen molar-refractivity contribution >= 4 is 34.1 Å². The molecule has 1 aliphatic heterocycles. The summed E-state index contributed by atoms with van der Waals surface area (Å²) in [4.78, 5) is 25.9. The number of piperazine rings is 1. The second-order valence-electron chi connectivity index (χ2n) is 8.35. The second-order valence-corrected chi connectivity index (χ2v) is 8.35. The number of methoxy groups -OCH3 is 1. The summed E-state index contributed by atoms with van der Waals surface area (Å²) in [6.45, 7) is 4.07. The number of amides is 1. The van der Waals surface area contributed by atoms with Crippen LogP contribution in [0.2, 0.25) is 0 Å². The van der Waals surface area contributed by atoms with Crippen molar-refractivity contribution in [1.82, 2.24) is 19.4 Å². The van der Waals surface area contributed by atoms with Gasteiger partial charge in [0.2, 0.25) is 5.95 Å². The molecule has 1 saturated heterocycles. The Labute approximate surface area is 197 Å². The summed E-state index contributed by atoms with van der Waals surface area (Å²) >= 11 is 0. The van der Waals surface area contributed by atoms with Crippen LogP contribution in [0.15, 0.2) is 60.9 Å². The number of nitrogens with two attached hydrogens (primary N) is 1. The van der Waals surface area contributed by atoms with E-state index in [-0.39, 0.29) is 0 Å². The van der Waals surface area contributed by atoms with Crippen LogP contribution in [0.5, 0.6) is 5.75 Å². The van der Waals surface area contributed by atoms with Gasteiger partial charge < -0.3 is 25.6 Å². The number of nitrogens with one attached hydrogen (secondary N) is 1. The van der Waals surface area contributed by atoms with Gasteiger partial charge >= 0.3 is 0 Å². The molecule has 3 heterocycles. The molecule has 0 spiro atoms. The topological polar surface area (TPSA) is 102 Å². The minimum Gasteiger partial charge on any atom is -0.491 e. The van der Waals surface area contributed by atoms with Crippen LogP contribution in [0.1, 0.15) is 10.4 Å². The lowest BCUT2D eigenvalue weighted by Crippen LogP contribution is -2.44. The first-order chi connectivity index (χ1) is 16.5. The highest BCUT2D eigenvalue weighted by Gasteiger charge is 2.18. The van der Waals surface area contributed by atoms with E-state index in [1.165, 1.54) is 0 Å². The van der Waals surface area contributed by atoms with Crippen LogP contribution >= 0.6 is 0 Å². The number of aromatic nitrogens is 3. The summed E-state index contributed by atoms with van der Waals surface area (Å²) in [6.07, 6.45) is 3.31. The highest BCUT2D eigenvalue weighted by molar-refractivity contribution is 6.06. The average Bonchev–Trinajstić information content (AvgIpc) is 3.25. The summed E-state index contributed by atoms with van der Waals surface area (Å²) in [7, 11) is 3.71. The number of benzene rings is 2. The Kier molecular flexibility index (Phi) is 5.77. The minimum absolute atomic E-state index is 0.421. The summed E-state index contributed by atoms with van der Waals surface area (Å²) in [6, 6.07) is 15.8. The standard InChI is InChI=1S/C25H27N7O2/c1-30-10-12-31(13-11-30)18-7-5-6-17(14-18)28-25-27-15-22(34-2)24(29-25)32-16-20(23(26)33)19-8-3-4-9-21(19)32/h3-9,14-16H,10-13H2,1-2H3,(H2,26,33)(H,27,28,29). The number of anilines is 3. The van der Waals surface area contributed by atoms with Crippen molar-refractivity contribution in [2.75, 3.05) is 50.6 Å². The quantitative estimate of drug-likeness (QED) is 0.459. The maximum Gasteiger partial charge on any atom is 0.250 e. The normalized spacial score (nSPS) is 14.4. The van der Waals surface area contributed by atoms with Crippen molar-refractivity contribution in [3.63, 3.8) is 0 Å². The van der Waals surface area contributed by atoms with E-state index in [0.717, 1.165) is 48.5 Å². The first-order valence-corrected chi connectivity index (χ1v) is 11.2. The zero-order valence-electron chi connectivity index (χ0n) is 19.2. The van der Waals surface area contributed by atoms with E-state index in [2.05, 4.69) is 39.3 Å². The third kappa shape index (κ3) is 4.13. The van der Waals surface area contributed by atoms with Gasteiger partial charge in [0.15, 0.2) is 11.6 Å². The van der Waals surface area contributed by atoms with Gasteiger partial charge in [0.05, 0.1) is 24.4 Å². The zero-order chi connectivity index (χ0) is 23.7. The first-order valence-electron chi connectivity index (χ1n) is 11.2. The van der Waals surface area contributed by atoms with E-state index in [9.17, 15) is 4.79 Å². The molecule has 1 amide bonds. The number of carbonyl (C=O) groups is 1. The molecule has 5 rings (SSSR count). The molecular weight excluding hydrogens is 430 g/mol. The van der Waals surface area contributed by atoms with Gasteiger partial charge in [-0.2, -0.15) is 4.98 Å². The van der Waals surface area contributed by atoms with Crippen LogP contribution in [-0.2, 0) is 0 Å². The first kappa shape index (κ1) is 21.7. The van der Waals surface area contributed by atoms with E-state index in [1.807, 2.05) is 41.0 Å². The van der Waals surface area contributed by atoms with Crippen LogP contribution in [0.3, 0.4) is 0 Å². The van der Waals surface area contributed by atoms with Gasteiger partial charge in [0.1, 0.15) is 0 Å². The largest absolute Gasteiger partial charge is 0.491 e. The Balaban J connectivity index is 1.49. The number of nitrogens with zero attached hydrogens (tertiary/aromatic N) is 5. The van der Waals surface area contributed by atoms with Gasteiger partial charge in [-0.25, -0.2) is 4.98 Å². The lowest BCUT2D eigenvalue weighted by Gasteiger charge is -2.34. The Morgan fingerprint density at radius 3 is 2.65 bits per heavy atom. The fourth-order valence-electron chi connectivity index (χ4n) is 4.26. The van der Waals surface area contributed by atoms with E-state index in [0.29, 0.717) is 23.1 Å². The maximum atomic E-state index is 12.0. The molecule has 174 valence electrons. The molecule has 0 unspecified atom stereocenters. The number of primary amides is 1. The van der Waals surface area contributed by atoms with Gasteiger partial charge in [0.25, 0.3) is 5.91 Å². The molecule has 9 heteroatoms. The average molecular weight is 458 g/mol. The van der Waals surface area contributed by atoms with Crippen LogP contribution in [0, 0.1) is 0 Å². The third-order valence-corrected chi connectivity index (χ3v) is 6.13. The molecule has 2 aromatic carbocycles. The number of para-hydroxylation sites is 1. The number of hydrogen-bond donors (Lipinski definition) is 2. The number of fused-ring (bicyclic) bond motifs is 1. The molecule has 9 nitrogen and oxygen atoms in total. The van der Waals surface area contributed by atoms with Gasteiger partial charge in [-0.15, -0.1) is 0 Å². The number of rotatable bonds is 6. The fourth-order valence-corrected chi connectivity index (χ4v) is 4.26. The molecule has 3 N–H and O–H groups in total. The van der Waals surface area contributed by atoms with Crippen LogP contribution in [0.4, 0.5) is 17.3 Å². The van der Waals surface area contributed by atoms with Gasteiger partial charge in [-0.05, 0) is 31.3 Å². The van der Waals surface area contributed by atoms with Gasteiger partial charge in [-0.1, -0.05) is 24.3 Å². The zero-order valence-corrected chi connectivity index (χ0v) is 19.2. The number of hydrogen-bond acceptors (Lipinski definition) is 7. The number of ether oxygens (including phenoxy) is 1. The minimum atomic E-state index is -0.498. The van der Waals surface area contributed by atoms with Gasteiger partial charge in [-0.3, -0.25) is 9.36 Å². The summed E-state index contributed by atoms with van der Waals surface area (Å²) in [5.74, 6) is 0.916. The highest BCUT2D eigenvalue weighted by atomic mass is 16.5. The lowest BCUT2D eigenvalue weighted by atomic mass is 10.2. The van der Waals surface area contributed by atoms with Crippen LogP contribution in [0.25, 0.3) is 16.7 Å². The van der Waals surface area contributed by atoms with E-state index in [4.69, 9.17) is 15.5 Å². The maximum absolute atomic E-state index is 12.0. The smallest absolute Gasteiger partial charge is 0.250 e. The molecular formula is C25H27N7O2. The molecule has 0 radical (unpaired) electrons. The SMILES string of the molecule is COc1cnc(Nc2cccc(N3CCN(C)CC3)c2)nc1-n1cc(C(N)=O)c2ccccc21. The van der Waals surface area contributed by atoms with Crippen molar-refractivity contribution < 1.29 is 9.53 Å². The molecule has 2 aromatic heterocycles. The Morgan fingerprint density at radius 2 is 1.88 bits per heavy atom. The Hall–Kier alpha value is -4.11. The van der Waals surface area contributed by atoms with E-state index < -0.39 is 5.91 Å². The molecule has 34 heavy (non-hydrogen) atoms. The number of carbonyl (C=O) groups excluding carboxylic acids is 1. The molecule has 0 saturated carbocycles. The molecule has 1 aliphatic rings. The monoisotopic (exact) mass is 457 g/mol. The predicted octanol–water partition coefficient (Wildman–Crippen LogP) is 3.02. The molecule has 4 aromatic rings. The predicted molar refractivity (Wildman–Crippen MR) is 133 cm³/mol. The fraction of sp³-hybridized carbons (Fsp3) is 0.240. The molecule has 0 atom stereocenters. The molecule has 0 bridgehead atoms. The van der Waals surface area contributed by atoms with Crippen LogP contribution in [-0.4, -0.2) is 65.7 Å². The van der Waals surface area contributed by atoms with Crippen molar-refractivity contribution in [3.8, 4) is 11.6 Å². The van der Waals surface area contributed by atoms with Crippen molar-refractivity contribution in [1.29, 1.82) is 0 Å². The number of likely N-dealkylation sites (N-methyl/N-ethyl adjacent to an activating group) is 1. The van der Waals surface area contributed by atoms with E-state index >= 15 is 0 Å². The van der Waals surface area contributed by atoms with E-state index in [1.54, 1.807) is 19.5 Å². The van der Waals surface area contributed by atoms with Crippen molar-refractivity contribution in [2.24, 2.45) is 5.73 Å². The third-order valence-electron chi connectivity index (χ3n) is 6.13. The summed E-state index contributed by atoms with van der Waals surface area (Å²) in [5.41, 5.74) is 8.90. The molecule has 1 fully saturated rings. The summed E-state index contributed by atoms with van der Waals surface area (Å²) < 4.78 is 7.34. The van der Waals surface area contributed by atoms with Crippen LogP contribution < -0.4 is 20.7 Å².